The quantitative estimate of drug-likeness (QED) is 0.647. The van der Waals surface area contributed by atoms with Gasteiger partial charge in [-0.2, -0.15) is 0 Å². The highest BCUT2D eigenvalue weighted by Gasteiger charge is 2.47. The van der Waals surface area contributed by atoms with Crippen molar-refractivity contribution in [2.24, 2.45) is 5.41 Å². The number of carbonyl (C=O) groups excluding carboxylic acids is 1. The third-order valence-corrected chi connectivity index (χ3v) is 3.23. The van der Waals surface area contributed by atoms with E-state index in [0.29, 0.717) is 12.0 Å². The van der Waals surface area contributed by atoms with Crippen LogP contribution in [-0.4, -0.2) is 30.9 Å². The molecule has 0 aromatic heterocycles. The van der Waals surface area contributed by atoms with E-state index in [0.717, 1.165) is 25.2 Å². The first-order valence-corrected chi connectivity index (χ1v) is 4.86. The lowest BCUT2D eigenvalue weighted by atomic mass is 10.1. The van der Waals surface area contributed by atoms with Gasteiger partial charge in [0.25, 0.3) is 0 Å². The highest BCUT2D eigenvalue weighted by Crippen LogP contribution is 2.53. The number of likely N-dealkylation sites (tertiary alicyclic amines) is 1. The molecule has 1 aliphatic carbocycles. The summed E-state index contributed by atoms with van der Waals surface area (Å²) in [5, 5.41) is 2.65. The first-order chi connectivity index (χ1) is 6.26. The second-order valence-electron chi connectivity index (χ2n) is 4.24. The van der Waals surface area contributed by atoms with E-state index in [-0.39, 0.29) is 0 Å². The average Bonchev–Trinajstić information content (AvgIpc) is 2.73. The summed E-state index contributed by atoms with van der Waals surface area (Å²) in [6.45, 7) is 6.85. The zero-order valence-electron chi connectivity index (χ0n) is 7.88. The van der Waals surface area contributed by atoms with Crippen LogP contribution in [0.4, 0.5) is 0 Å². The molecule has 1 spiro atoms. The van der Waals surface area contributed by atoms with Crippen molar-refractivity contribution in [2.75, 3.05) is 19.6 Å². The summed E-state index contributed by atoms with van der Waals surface area (Å²) in [5.74, 6) is 0. The van der Waals surface area contributed by atoms with E-state index in [1.54, 1.807) is 0 Å². The number of nitrogens with one attached hydrogen (secondary N) is 1. The fraction of sp³-hybridized carbons (Fsp3) is 0.700. The summed E-state index contributed by atoms with van der Waals surface area (Å²) in [7, 11) is 0. The van der Waals surface area contributed by atoms with Crippen LogP contribution in [0.2, 0.25) is 0 Å². The van der Waals surface area contributed by atoms with Crippen molar-refractivity contribution in [1.29, 1.82) is 0 Å². The number of carbonyl (C=O) groups is 1. The smallest absolute Gasteiger partial charge is 0.207 e. The van der Waals surface area contributed by atoms with Gasteiger partial charge in [-0.1, -0.05) is 6.58 Å². The molecule has 0 aromatic carbocycles. The predicted octanol–water partition coefficient (Wildman–Crippen LogP) is 0.732. The van der Waals surface area contributed by atoms with Crippen LogP contribution < -0.4 is 5.32 Å². The zero-order chi connectivity index (χ0) is 9.31. The van der Waals surface area contributed by atoms with Crippen LogP contribution in [0.25, 0.3) is 0 Å². The largest absolute Gasteiger partial charge is 0.373 e. The van der Waals surface area contributed by atoms with Gasteiger partial charge < -0.3 is 10.2 Å². The Kier molecular flexibility index (Phi) is 2.02. The molecule has 2 aliphatic rings. The summed E-state index contributed by atoms with van der Waals surface area (Å²) in [6, 6.07) is 0. The molecule has 1 amide bonds. The highest BCUT2D eigenvalue weighted by atomic mass is 16.1. The molecule has 72 valence electrons. The Morgan fingerprint density at radius 1 is 1.54 bits per heavy atom. The van der Waals surface area contributed by atoms with Crippen LogP contribution in [0.3, 0.4) is 0 Å². The Bertz CT molecular complexity index is 233. The van der Waals surface area contributed by atoms with E-state index in [9.17, 15) is 4.79 Å². The molecule has 1 aliphatic heterocycles. The maximum Gasteiger partial charge on any atom is 0.207 e. The minimum atomic E-state index is 0.597. The van der Waals surface area contributed by atoms with E-state index in [4.69, 9.17) is 0 Å². The van der Waals surface area contributed by atoms with Gasteiger partial charge in [0.15, 0.2) is 0 Å². The monoisotopic (exact) mass is 180 g/mol. The first-order valence-electron chi connectivity index (χ1n) is 4.86. The molecule has 2 fully saturated rings. The van der Waals surface area contributed by atoms with Crippen LogP contribution in [0.1, 0.15) is 19.3 Å². The standard InChI is InChI=1S/C10H16N2O/c1-9(6-11-8-13)12-5-4-10(7-12)2-3-10/h8H,1-7H2,(H,11,13). The molecule has 0 radical (unpaired) electrons. The molecule has 0 unspecified atom stereocenters. The average molecular weight is 180 g/mol. The molecule has 1 saturated carbocycles. The fourth-order valence-electron chi connectivity index (χ4n) is 2.06. The Hall–Kier alpha value is -0.990. The molecule has 1 saturated heterocycles. The van der Waals surface area contributed by atoms with Crippen LogP contribution in [0.5, 0.6) is 0 Å². The Balaban J connectivity index is 1.81. The molecule has 0 bridgehead atoms. The van der Waals surface area contributed by atoms with E-state index < -0.39 is 0 Å². The van der Waals surface area contributed by atoms with Crippen molar-refractivity contribution < 1.29 is 4.79 Å². The zero-order valence-corrected chi connectivity index (χ0v) is 7.88. The van der Waals surface area contributed by atoms with Crippen molar-refractivity contribution in [3.8, 4) is 0 Å². The van der Waals surface area contributed by atoms with Crippen molar-refractivity contribution >= 4 is 6.41 Å². The Morgan fingerprint density at radius 2 is 2.31 bits per heavy atom. The molecule has 0 aromatic rings. The van der Waals surface area contributed by atoms with Crippen LogP contribution in [-0.2, 0) is 4.79 Å². The van der Waals surface area contributed by atoms with Crippen molar-refractivity contribution in [1.82, 2.24) is 10.2 Å². The molecule has 0 atom stereocenters. The Morgan fingerprint density at radius 3 is 2.85 bits per heavy atom. The summed E-state index contributed by atoms with van der Waals surface area (Å²) < 4.78 is 0. The highest BCUT2D eigenvalue weighted by molar-refractivity contribution is 5.46. The second kappa shape index (κ2) is 3.05. The predicted molar refractivity (Wildman–Crippen MR) is 51.1 cm³/mol. The van der Waals surface area contributed by atoms with Gasteiger partial charge in [0.1, 0.15) is 0 Å². The number of amides is 1. The number of hydrogen-bond acceptors (Lipinski definition) is 2. The van der Waals surface area contributed by atoms with E-state index in [1.807, 2.05) is 0 Å². The van der Waals surface area contributed by atoms with Crippen LogP contribution in [0, 0.1) is 5.41 Å². The molecular weight excluding hydrogens is 164 g/mol. The topological polar surface area (TPSA) is 32.3 Å². The van der Waals surface area contributed by atoms with Gasteiger partial charge >= 0.3 is 0 Å². The number of hydrogen-bond donors (Lipinski definition) is 1. The lowest BCUT2D eigenvalue weighted by molar-refractivity contribution is -0.109. The molecule has 1 heterocycles. The Labute approximate surface area is 78.8 Å². The lowest BCUT2D eigenvalue weighted by Gasteiger charge is -2.20. The fourth-order valence-corrected chi connectivity index (χ4v) is 2.06. The molecule has 13 heavy (non-hydrogen) atoms. The molecule has 2 rings (SSSR count). The first kappa shape index (κ1) is 8.60. The summed E-state index contributed by atoms with van der Waals surface area (Å²) in [5.41, 5.74) is 1.69. The van der Waals surface area contributed by atoms with Crippen LogP contribution in [0.15, 0.2) is 12.3 Å². The van der Waals surface area contributed by atoms with E-state index >= 15 is 0 Å². The van der Waals surface area contributed by atoms with E-state index in [2.05, 4.69) is 16.8 Å². The number of rotatable bonds is 4. The maximum absolute atomic E-state index is 10.1. The minimum Gasteiger partial charge on any atom is -0.373 e. The maximum atomic E-state index is 10.1. The van der Waals surface area contributed by atoms with Gasteiger partial charge in [-0.15, -0.1) is 0 Å². The van der Waals surface area contributed by atoms with Gasteiger partial charge in [-0.3, -0.25) is 4.79 Å². The number of nitrogens with zero attached hydrogens (tertiary/aromatic N) is 1. The minimum absolute atomic E-state index is 0.597. The van der Waals surface area contributed by atoms with Crippen molar-refractivity contribution in [3.05, 3.63) is 12.3 Å². The molecular formula is C10H16N2O. The van der Waals surface area contributed by atoms with Crippen molar-refractivity contribution in [3.63, 3.8) is 0 Å². The van der Waals surface area contributed by atoms with Crippen LogP contribution >= 0.6 is 0 Å². The third kappa shape index (κ3) is 1.69. The van der Waals surface area contributed by atoms with Gasteiger partial charge in [0, 0.05) is 18.8 Å². The van der Waals surface area contributed by atoms with Gasteiger partial charge in [-0.05, 0) is 24.7 Å². The van der Waals surface area contributed by atoms with Gasteiger partial charge in [0.05, 0.1) is 6.54 Å². The second-order valence-corrected chi connectivity index (χ2v) is 4.24. The lowest BCUT2D eigenvalue weighted by Crippen LogP contribution is -2.27. The molecule has 3 heteroatoms. The van der Waals surface area contributed by atoms with Crippen molar-refractivity contribution in [2.45, 2.75) is 19.3 Å². The van der Waals surface area contributed by atoms with Gasteiger partial charge in [-0.25, -0.2) is 0 Å². The molecule has 1 N–H and O–H groups in total. The SMILES string of the molecule is C=C(CNC=O)N1CCC2(CC2)C1. The summed E-state index contributed by atoms with van der Waals surface area (Å²) in [4.78, 5) is 12.4. The third-order valence-electron chi connectivity index (χ3n) is 3.23. The normalized spacial score (nSPS) is 23.2. The van der Waals surface area contributed by atoms with E-state index in [1.165, 1.54) is 19.3 Å². The summed E-state index contributed by atoms with van der Waals surface area (Å²) >= 11 is 0. The summed E-state index contributed by atoms with van der Waals surface area (Å²) in [6.07, 6.45) is 4.82. The van der Waals surface area contributed by atoms with Gasteiger partial charge in [0.2, 0.25) is 6.41 Å². The molecule has 3 nitrogen and oxygen atoms in total.